The summed E-state index contributed by atoms with van der Waals surface area (Å²) in [4.78, 5) is 10.5. The molecule has 2 heteroatoms. The summed E-state index contributed by atoms with van der Waals surface area (Å²) < 4.78 is 0. The minimum Gasteiger partial charge on any atom is -0.298 e. The molecule has 0 atom stereocenters. The Morgan fingerprint density at radius 2 is 2.08 bits per heavy atom. The molecule has 0 unspecified atom stereocenters. The normalized spacial score (nSPS) is 9.23. The summed E-state index contributed by atoms with van der Waals surface area (Å²) in [6, 6.07) is 7.65. The highest BCUT2D eigenvalue weighted by molar-refractivity contribution is 5.75. The summed E-state index contributed by atoms with van der Waals surface area (Å²) in [7, 11) is 0. The van der Waals surface area contributed by atoms with Crippen LogP contribution in [0.25, 0.3) is 0 Å². The lowest BCUT2D eigenvalue weighted by molar-refractivity contribution is 0.112. The summed E-state index contributed by atoms with van der Waals surface area (Å²) in [5.74, 6) is 0. The third kappa shape index (κ3) is 2.41. The third-order valence-electron chi connectivity index (χ3n) is 1.90. The van der Waals surface area contributed by atoms with Crippen molar-refractivity contribution in [2.24, 2.45) is 0 Å². The van der Waals surface area contributed by atoms with Crippen molar-refractivity contribution in [3.63, 3.8) is 0 Å². The average molecular weight is 173 g/mol. The van der Waals surface area contributed by atoms with Gasteiger partial charge in [-0.1, -0.05) is 13.0 Å². The van der Waals surface area contributed by atoms with Gasteiger partial charge in [0.25, 0.3) is 0 Å². The fourth-order valence-corrected chi connectivity index (χ4v) is 1.26. The van der Waals surface area contributed by atoms with Gasteiger partial charge in [0.05, 0.1) is 12.5 Å². The van der Waals surface area contributed by atoms with Gasteiger partial charge in [-0.25, -0.2) is 0 Å². The van der Waals surface area contributed by atoms with E-state index in [-0.39, 0.29) is 0 Å². The van der Waals surface area contributed by atoms with Crippen LogP contribution in [0.4, 0.5) is 0 Å². The number of rotatable bonds is 3. The number of nitriles is 1. The Morgan fingerprint density at radius 1 is 1.38 bits per heavy atom. The molecule has 1 aromatic carbocycles. The van der Waals surface area contributed by atoms with E-state index in [2.05, 4.69) is 6.07 Å². The Balaban J connectivity index is 3.08. The molecule has 0 amide bonds. The predicted octanol–water partition coefficient (Wildman–Crippen LogP) is 2.13. The van der Waals surface area contributed by atoms with Gasteiger partial charge < -0.3 is 0 Å². The molecule has 0 heterocycles. The highest BCUT2D eigenvalue weighted by Crippen LogP contribution is 2.10. The fourth-order valence-electron chi connectivity index (χ4n) is 1.26. The molecule has 2 nitrogen and oxygen atoms in total. The number of benzene rings is 1. The van der Waals surface area contributed by atoms with Gasteiger partial charge in [-0.3, -0.25) is 4.79 Å². The van der Waals surface area contributed by atoms with Crippen molar-refractivity contribution >= 4 is 6.29 Å². The van der Waals surface area contributed by atoms with Crippen LogP contribution in [-0.4, -0.2) is 6.29 Å². The lowest BCUT2D eigenvalue weighted by Gasteiger charge is -2.01. The van der Waals surface area contributed by atoms with Crippen LogP contribution in [0.2, 0.25) is 0 Å². The van der Waals surface area contributed by atoms with Crippen LogP contribution in [0.1, 0.15) is 28.4 Å². The maximum Gasteiger partial charge on any atom is 0.150 e. The summed E-state index contributed by atoms with van der Waals surface area (Å²) in [5, 5.41) is 8.51. The predicted molar refractivity (Wildman–Crippen MR) is 50.5 cm³/mol. The molecule has 13 heavy (non-hydrogen) atoms. The van der Waals surface area contributed by atoms with Crippen LogP contribution in [0.3, 0.4) is 0 Å². The first-order valence-electron chi connectivity index (χ1n) is 4.25. The molecule has 0 saturated heterocycles. The minimum atomic E-state index is 0.370. The standard InChI is InChI=1S/C11H11NO/c1-2-9-5-10(3-4-12)7-11(6-9)8-13/h5-8H,2-3H2,1H3. The van der Waals surface area contributed by atoms with Gasteiger partial charge in [0.1, 0.15) is 6.29 Å². The maximum absolute atomic E-state index is 10.5. The number of aldehydes is 1. The van der Waals surface area contributed by atoms with E-state index in [1.54, 1.807) is 6.07 Å². The van der Waals surface area contributed by atoms with E-state index >= 15 is 0 Å². The number of hydrogen-bond donors (Lipinski definition) is 0. The van der Waals surface area contributed by atoms with Crippen molar-refractivity contribution < 1.29 is 4.79 Å². The molecule has 1 aromatic rings. The molecule has 0 radical (unpaired) electrons. The van der Waals surface area contributed by atoms with E-state index in [9.17, 15) is 4.79 Å². The maximum atomic E-state index is 10.5. The number of nitrogens with zero attached hydrogens (tertiary/aromatic N) is 1. The lowest BCUT2D eigenvalue weighted by atomic mass is 10.0. The van der Waals surface area contributed by atoms with E-state index < -0.39 is 0 Å². The lowest BCUT2D eigenvalue weighted by Crippen LogP contribution is -1.90. The van der Waals surface area contributed by atoms with Gasteiger partial charge in [0.2, 0.25) is 0 Å². The molecule has 0 aliphatic carbocycles. The van der Waals surface area contributed by atoms with Crippen molar-refractivity contribution in [1.29, 1.82) is 5.26 Å². The fraction of sp³-hybridized carbons (Fsp3) is 0.273. The first kappa shape index (κ1) is 9.47. The van der Waals surface area contributed by atoms with Crippen molar-refractivity contribution in [3.05, 3.63) is 34.9 Å². The van der Waals surface area contributed by atoms with Crippen LogP contribution in [-0.2, 0) is 12.8 Å². The van der Waals surface area contributed by atoms with E-state index in [0.717, 1.165) is 23.8 Å². The van der Waals surface area contributed by atoms with E-state index in [4.69, 9.17) is 5.26 Å². The number of carbonyl (C=O) groups excluding carboxylic acids is 1. The van der Waals surface area contributed by atoms with Crippen LogP contribution in [0.15, 0.2) is 18.2 Å². The Labute approximate surface area is 77.8 Å². The second kappa shape index (κ2) is 4.42. The van der Waals surface area contributed by atoms with Crippen molar-refractivity contribution in [1.82, 2.24) is 0 Å². The van der Waals surface area contributed by atoms with Crippen molar-refractivity contribution in [3.8, 4) is 6.07 Å². The Bertz CT molecular complexity index is 350. The van der Waals surface area contributed by atoms with Crippen LogP contribution >= 0.6 is 0 Å². The Hall–Kier alpha value is -1.62. The second-order valence-corrected chi connectivity index (χ2v) is 2.89. The van der Waals surface area contributed by atoms with Gasteiger partial charge in [-0.2, -0.15) is 5.26 Å². The van der Waals surface area contributed by atoms with Crippen LogP contribution in [0, 0.1) is 11.3 Å². The SMILES string of the molecule is CCc1cc(C=O)cc(CC#N)c1. The molecular formula is C11H11NO. The summed E-state index contributed by atoms with van der Waals surface area (Å²) >= 11 is 0. The minimum absolute atomic E-state index is 0.370. The van der Waals surface area contributed by atoms with Crippen LogP contribution < -0.4 is 0 Å². The zero-order valence-corrected chi connectivity index (χ0v) is 7.58. The smallest absolute Gasteiger partial charge is 0.150 e. The first-order valence-corrected chi connectivity index (χ1v) is 4.25. The molecule has 0 saturated carbocycles. The molecular weight excluding hydrogens is 162 g/mol. The zero-order valence-electron chi connectivity index (χ0n) is 7.58. The van der Waals surface area contributed by atoms with E-state index in [1.165, 1.54) is 0 Å². The molecule has 66 valence electrons. The van der Waals surface area contributed by atoms with Gasteiger partial charge in [0, 0.05) is 5.56 Å². The molecule has 0 aliphatic heterocycles. The molecule has 0 spiro atoms. The molecule has 0 aromatic heterocycles. The van der Waals surface area contributed by atoms with Gasteiger partial charge in [-0.15, -0.1) is 0 Å². The van der Waals surface area contributed by atoms with Crippen molar-refractivity contribution in [2.75, 3.05) is 0 Å². The quantitative estimate of drug-likeness (QED) is 0.657. The van der Waals surface area contributed by atoms with Gasteiger partial charge >= 0.3 is 0 Å². The van der Waals surface area contributed by atoms with Gasteiger partial charge in [0.15, 0.2) is 0 Å². The number of carbonyl (C=O) groups is 1. The topological polar surface area (TPSA) is 40.9 Å². The Morgan fingerprint density at radius 3 is 2.62 bits per heavy atom. The molecule has 0 bridgehead atoms. The number of hydrogen-bond acceptors (Lipinski definition) is 2. The van der Waals surface area contributed by atoms with Crippen molar-refractivity contribution in [2.45, 2.75) is 19.8 Å². The Kier molecular flexibility index (Phi) is 3.22. The molecule has 1 rings (SSSR count). The summed E-state index contributed by atoms with van der Waals surface area (Å²) in [6.07, 6.45) is 2.08. The third-order valence-corrected chi connectivity index (χ3v) is 1.90. The first-order chi connectivity index (χ1) is 6.30. The largest absolute Gasteiger partial charge is 0.298 e. The molecule has 0 fully saturated rings. The van der Waals surface area contributed by atoms with E-state index in [1.807, 2.05) is 19.1 Å². The molecule has 0 aliphatic rings. The average Bonchev–Trinajstić information content (AvgIpc) is 2.17. The monoisotopic (exact) mass is 173 g/mol. The number of aryl methyl sites for hydroxylation is 1. The highest BCUT2D eigenvalue weighted by Gasteiger charge is 1.98. The summed E-state index contributed by atoms with van der Waals surface area (Å²) in [5.41, 5.74) is 2.68. The van der Waals surface area contributed by atoms with Crippen LogP contribution in [0.5, 0.6) is 0 Å². The highest BCUT2D eigenvalue weighted by atomic mass is 16.1. The van der Waals surface area contributed by atoms with Gasteiger partial charge in [-0.05, 0) is 29.7 Å². The van der Waals surface area contributed by atoms with E-state index in [0.29, 0.717) is 12.0 Å². The summed E-state index contributed by atoms with van der Waals surface area (Å²) in [6.45, 7) is 2.03. The second-order valence-electron chi connectivity index (χ2n) is 2.89. The zero-order chi connectivity index (χ0) is 9.68. The molecule has 0 N–H and O–H groups in total.